The first-order valence-electron chi connectivity index (χ1n) is 23.9. The molecule has 15 atom stereocenters. The number of ketones is 3. The van der Waals surface area contributed by atoms with E-state index in [0.29, 0.717) is 56.9 Å². The van der Waals surface area contributed by atoms with E-state index in [1.165, 1.54) is 12.0 Å². The van der Waals surface area contributed by atoms with E-state index in [2.05, 4.69) is 0 Å². The lowest BCUT2D eigenvalue weighted by molar-refractivity contribution is -0.231. The van der Waals surface area contributed by atoms with E-state index >= 15 is 0 Å². The lowest BCUT2D eigenvalue weighted by Crippen LogP contribution is -2.62. The summed E-state index contributed by atoms with van der Waals surface area (Å²) in [6.07, 6.45) is 10.7. The highest BCUT2D eigenvalue weighted by Crippen LogP contribution is 2.36. The number of methoxy groups -OCH3 is 3. The van der Waals surface area contributed by atoms with Crippen molar-refractivity contribution in [3.05, 3.63) is 47.6 Å². The molecule has 4 rings (SSSR count). The molecule has 3 N–H and O–H groups in total. The first-order valence-corrected chi connectivity index (χ1v) is 23.9. The maximum absolute atomic E-state index is 14.6. The number of hydrogen-bond acceptors (Lipinski definition) is 13. The predicted octanol–water partition coefficient (Wildman–Crippen LogP) is 6.18. The van der Waals surface area contributed by atoms with E-state index in [4.69, 9.17) is 23.7 Å². The Labute approximate surface area is 387 Å². The summed E-state index contributed by atoms with van der Waals surface area (Å²) >= 11 is 0. The van der Waals surface area contributed by atoms with Gasteiger partial charge in [0.25, 0.3) is 5.91 Å². The van der Waals surface area contributed by atoms with Crippen LogP contribution in [0.4, 0.5) is 0 Å². The van der Waals surface area contributed by atoms with Gasteiger partial charge in [-0.05, 0) is 107 Å². The topological polar surface area (TPSA) is 195 Å². The second-order valence-electron chi connectivity index (χ2n) is 19.6. The van der Waals surface area contributed by atoms with Crippen molar-refractivity contribution in [2.24, 2.45) is 35.5 Å². The molecule has 1 amide bonds. The van der Waals surface area contributed by atoms with Crippen LogP contribution in [0.1, 0.15) is 126 Å². The second-order valence-corrected chi connectivity index (χ2v) is 19.6. The van der Waals surface area contributed by atoms with E-state index in [1.54, 1.807) is 41.1 Å². The standard InChI is InChI=1S/C51H79NO13/c1-30-16-12-11-13-17-31(2)42(61-8)28-38-21-19-32(3)48(57)51(60,65-38)50(59)52-23-15-14-18-39(52)49(58)64-43(34(5)26-37-20-22-40(53)44(27-37)62-9)29-41(54)33(4)25-36(7)46(56)47(63-10)45(55)35(6)24-30/h11-13,16-17,25,30,32,34-40,42-44,46-47,53,56,60H,14-15,18-24,26-29H2,1-10H3/t30-,32-,34-,35-,36?,37+,38+,39+,40-,42+,43+,44-,46-,47+,51-/m1/s1. The normalized spacial score (nSPS) is 37.8. The lowest BCUT2D eigenvalue weighted by atomic mass is 9.78. The minimum Gasteiger partial charge on any atom is -0.460 e. The molecule has 14 heteroatoms. The maximum atomic E-state index is 14.6. The third-order valence-corrected chi connectivity index (χ3v) is 14.4. The fourth-order valence-electron chi connectivity index (χ4n) is 10.1. The Morgan fingerprint density at radius 1 is 0.846 bits per heavy atom. The van der Waals surface area contributed by atoms with Crippen molar-refractivity contribution in [2.75, 3.05) is 27.9 Å². The number of cyclic esters (lactones) is 1. The van der Waals surface area contributed by atoms with Crippen LogP contribution in [0.25, 0.3) is 0 Å². The van der Waals surface area contributed by atoms with Crippen molar-refractivity contribution in [1.82, 2.24) is 4.90 Å². The van der Waals surface area contributed by atoms with Gasteiger partial charge in [0.2, 0.25) is 5.78 Å². The van der Waals surface area contributed by atoms with Gasteiger partial charge < -0.3 is 43.9 Å². The SMILES string of the molecule is CO[C@H]1C[C@@H]2CC[C@@H](C)C(=O)[C@@](O)(O2)C(=O)N2CCCC[C@H]2C(=O)O[C@H]([C@H](C)C[C@@H]2CC[C@@H](O)[C@H](OC)C2)CC(=O)C(C)=CC(C)[C@@H](O)[C@@H](OC)C(=O)[C@H](C)C[C@H](C)C=CC=CC=C1C. The summed E-state index contributed by atoms with van der Waals surface area (Å²) in [6.45, 7) is 12.7. The first-order chi connectivity index (χ1) is 30.7. The number of ether oxygens (including phenoxy) is 5. The van der Waals surface area contributed by atoms with Crippen LogP contribution in [0.5, 0.6) is 0 Å². The zero-order valence-corrected chi connectivity index (χ0v) is 40.6. The Morgan fingerprint density at radius 3 is 2.25 bits per heavy atom. The summed E-state index contributed by atoms with van der Waals surface area (Å²) in [7, 11) is 4.51. The Balaban J connectivity index is 1.74. The molecule has 3 heterocycles. The van der Waals surface area contributed by atoms with Crippen LogP contribution >= 0.6 is 0 Å². The van der Waals surface area contributed by atoms with Crippen LogP contribution in [-0.4, -0.2) is 132 Å². The van der Waals surface area contributed by atoms with Gasteiger partial charge in [0.15, 0.2) is 11.6 Å². The van der Waals surface area contributed by atoms with Crippen LogP contribution in [0.15, 0.2) is 47.6 Å². The summed E-state index contributed by atoms with van der Waals surface area (Å²) in [4.78, 5) is 72.1. The number of aliphatic hydroxyl groups is 3. The predicted molar refractivity (Wildman–Crippen MR) is 245 cm³/mol. The minimum absolute atomic E-state index is 0.0174. The van der Waals surface area contributed by atoms with Crippen molar-refractivity contribution in [1.29, 1.82) is 0 Å². The van der Waals surface area contributed by atoms with Crippen LogP contribution in [0.2, 0.25) is 0 Å². The van der Waals surface area contributed by atoms with Crippen LogP contribution in [-0.2, 0) is 47.7 Å². The van der Waals surface area contributed by atoms with Crippen molar-refractivity contribution < 1.29 is 63.0 Å². The Bertz CT molecular complexity index is 1760. The third kappa shape index (κ3) is 14.3. The number of allylic oxidation sites excluding steroid dienone is 6. The Hall–Kier alpha value is -3.37. The van der Waals surface area contributed by atoms with E-state index in [1.807, 2.05) is 58.1 Å². The van der Waals surface area contributed by atoms with Crippen molar-refractivity contribution in [3.8, 4) is 0 Å². The minimum atomic E-state index is -2.85. The van der Waals surface area contributed by atoms with Gasteiger partial charge in [0.05, 0.1) is 30.5 Å². The van der Waals surface area contributed by atoms with Crippen molar-refractivity contribution in [2.45, 2.75) is 180 Å². The largest absolute Gasteiger partial charge is 0.460 e. The first kappa shape index (κ1) is 54.2. The molecule has 0 spiro atoms. The molecular formula is C51H79NO13. The van der Waals surface area contributed by atoms with E-state index < -0.39 is 83.9 Å². The number of rotatable bonds is 6. The number of Topliss-reactive ketones (excluding diaryl/α,β-unsaturated/α-hetero) is 3. The number of esters is 1. The van der Waals surface area contributed by atoms with E-state index in [9.17, 15) is 39.3 Å². The lowest BCUT2D eigenvalue weighted by Gasteiger charge is -2.40. The van der Waals surface area contributed by atoms with Gasteiger partial charge in [-0.1, -0.05) is 71.1 Å². The molecule has 1 unspecified atom stereocenters. The molecule has 0 aromatic rings. The Morgan fingerprint density at radius 2 is 1.57 bits per heavy atom. The number of nitrogens with zero attached hydrogens (tertiary/aromatic N) is 1. The number of fused-ring (bicyclic) bond motifs is 3. The van der Waals surface area contributed by atoms with Gasteiger partial charge in [-0.15, -0.1) is 0 Å². The number of piperidine rings is 1. The van der Waals surface area contributed by atoms with Gasteiger partial charge in [0.1, 0.15) is 18.2 Å². The van der Waals surface area contributed by atoms with Crippen LogP contribution in [0.3, 0.4) is 0 Å². The summed E-state index contributed by atoms with van der Waals surface area (Å²) < 4.78 is 29.5. The van der Waals surface area contributed by atoms with Gasteiger partial charge in [-0.25, -0.2) is 4.79 Å². The quantitative estimate of drug-likeness (QED) is 0.202. The van der Waals surface area contributed by atoms with Crippen LogP contribution in [0, 0.1) is 35.5 Å². The molecule has 2 bridgehead atoms. The van der Waals surface area contributed by atoms with E-state index in [0.717, 1.165) is 12.0 Å². The molecule has 1 saturated carbocycles. The molecule has 1 aliphatic carbocycles. The number of hydrogen-bond donors (Lipinski definition) is 3. The van der Waals surface area contributed by atoms with Gasteiger partial charge in [0, 0.05) is 58.5 Å². The number of carbonyl (C=O) groups is 5. The van der Waals surface area contributed by atoms with Gasteiger partial charge >= 0.3 is 11.8 Å². The highest BCUT2D eigenvalue weighted by molar-refractivity contribution is 6.09. The maximum Gasteiger partial charge on any atom is 0.329 e. The summed E-state index contributed by atoms with van der Waals surface area (Å²) in [5.41, 5.74) is 1.16. The summed E-state index contributed by atoms with van der Waals surface area (Å²) in [5, 5.41) is 34.1. The summed E-state index contributed by atoms with van der Waals surface area (Å²) in [5.74, 6) is -7.99. The number of aliphatic hydroxyl groups excluding tert-OH is 2. The monoisotopic (exact) mass is 914 g/mol. The second kappa shape index (κ2) is 25.1. The molecule has 2 saturated heterocycles. The Kier molecular flexibility index (Phi) is 21.0. The van der Waals surface area contributed by atoms with Gasteiger partial charge in [-0.3, -0.25) is 19.2 Å². The van der Waals surface area contributed by atoms with Crippen LogP contribution < -0.4 is 0 Å². The molecule has 3 aliphatic heterocycles. The molecular weight excluding hydrogens is 835 g/mol. The molecule has 14 nitrogen and oxygen atoms in total. The molecule has 0 radical (unpaired) electrons. The highest BCUT2D eigenvalue weighted by Gasteiger charge is 2.55. The average molecular weight is 914 g/mol. The molecule has 366 valence electrons. The third-order valence-electron chi connectivity index (χ3n) is 14.4. The smallest absolute Gasteiger partial charge is 0.329 e. The number of amides is 1. The summed E-state index contributed by atoms with van der Waals surface area (Å²) in [6, 6.07) is -1.16. The molecule has 0 aromatic carbocycles. The van der Waals surface area contributed by atoms with E-state index in [-0.39, 0.29) is 61.2 Å². The van der Waals surface area contributed by atoms with Crippen molar-refractivity contribution >= 4 is 29.2 Å². The molecule has 4 aliphatic rings. The molecule has 3 fully saturated rings. The molecule has 0 aromatic heterocycles. The highest BCUT2D eigenvalue weighted by atomic mass is 16.6. The zero-order valence-electron chi connectivity index (χ0n) is 40.6. The fraction of sp³-hybridized carbons (Fsp3) is 0.745. The number of carbonyl (C=O) groups excluding carboxylic acids is 5. The fourth-order valence-corrected chi connectivity index (χ4v) is 10.1. The van der Waals surface area contributed by atoms with Crippen molar-refractivity contribution in [3.63, 3.8) is 0 Å². The molecule has 65 heavy (non-hydrogen) atoms. The zero-order chi connectivity index (χ0) is 48.2. The van der Waals surface area contributed by atoms with Gasteiger partial charge in [-0.2, -0.15) is 0 Å². The average Bonchev–Trinajstić information content (AvgIpc) is 3.39.